The van der Waals surface area contributed by atoms with Crippen molar-refractivity contribution in [1.82, 2.24) is 0 Å². The van der Waals surface area contributed by atoms with Gasteiger partial charge in [-0.25, -0.2) is 0 Å². The van der Waals surface area contributed by atoms with Crippen LogP contribution in [0.3, 0.4) is 0 Å². The number of amides is 1. The smallest absolute Gasteiger partial charge is 0.307 e. The van der Waals surface area contributed by atoms with Crippen LogP contribution in [0.25, 0.3) is 0 Å². The summed E-state index contributed by atoms with van der Waals surface area (Å²) in [6.07, 6.45) is 2.75. The van der Waals surface area contributed by atoms with Crippen LogP contribution >= 0.6 is 11.8 Å². The highest BCUT2D eigenvalue weighted by atomic mass is 32.2. The molecule has 0 radical (unpaired) electrons. The van der Waals surface area contributed by atoms with Gasteiger partial charge in [0.2, 0.25) is 5.91 Å². The van der Waals surface area contributed by atoms with Gasteiger partial charge in [-0.2, -0.15) is 11.8 Å². The van der Waals surface area contributed by atoms with Gasteiger partial charge in [-0.15, -0.1) is 0 Å². The van der Waals surface area contributed by atoms with Crippen molar-refractivity contribution < 1.29 is 14.7 Å². The number of rotatable bonds is 5. The van der Waals surface area contributed by atoms with Crippen LogP contribution in [0.1, 0.15) is 24.8 Å². The average Bonchev–Trinajstić information content (AvgIpc) is 2.39. The largest absolute Gasteiger partial charge is 0.481 e. The summed E-state index contributed by atoms with van der Waals surface area (Å²) in [5.74, 6) is 1.93. The molecule has 1 aliphatic rings. The Labute approximate surface area is 123 Å². The monoisotopic (exact) mass is 293 g/mol. The van der Waals surface area contributed by atoms with Crippen molar-refractivity contribution in [2.24, 2.45) is 5.92 Å². The van der Waals surface area contributed by atoms with E-state index in [-0.39, 0.29) is 12.3 Å². The molecule has 20 heavy (non-hydrogen) atoms. The lowest BCUT2D eigenvalue weighted by Gasteiger charge is -2.20. The topological polar surface area (TPSA) is 66.4 Å². The quantitative estimate of drug-likeness (QED) is 0.876. The highest BCUT2D eigenvalue weighted by molar-refractivity contribution is 7.99. The number of thioether (sulfide) groups is 1. The summed E-state index contributed by atoms with van der Waals surface area (Å²) in [4.78, 5) is 22.7. The lowest BCUT2D eigenvalue weighted by Crippen LogP contribution is -2.19. The maximum absolute atomic E-state index is 12.0. The predicted molar refractivity (Wildman–Crippen MR) is 81.1 cm³/mol. The van der Waals surface area contributed by atoms with E-state index in [9.17, 15) is 9.59 Å². The second-order valence-corrected chi connectivity index (χ2v) is 6.30. The van der Waals surface area contributed by atoms with Gasteiger partial charge in [0.1, 0.15) is 0 Å². The molecule has 4 nitrogen and oxygen atoms in total. The maximum Gasteiger partial charge on any atom is 0.307 e. The fourth-order valence-electron chi connectivity index (χ4n) is 2.36. The van der Waals surface area contributed by atoms with Crippen LogP contribution in [-0.4, -0.2) is 28.5 Å². The first-order chi connectivity index (χ1) is 9.63. The van der Waals surface area contributed by atoms with Crippen LogP contribution in [0, 0.1) is 5.92 Å². The molecule has 0 aromatic heterocycles. The van der Waals surface area contributed by atoms with Gasteiger partial charge in [-0.1, -0.05) is 12.1 Å². The zero-order valence-corrected chi connectivity index (χ0v) is 12.1. The molecule has 2 rings (SSSR count). The Balaban J connectivity index is 1.88. The minimum Gasteiger partial charge on any atom is -0.481 e. The van der Waals surface area contributed by atoms with Crippen molar-refractivity contribution in [2.45, 2.75) is 25.7 Å². The summed E-state index contributed by atoms with van der Waals surface area (Å²) in [7, 11) is 0. The molecule has 1 saturated heterocycles. The van der Waals surface area contributed by atoms with Crippen LogP contribution in [0.2, 0.25) is 0 Å². The number of hydrogen-bond acceptors (Lipinski definition) is 3. The Hall–Kier alpha value is -1.49. The molecule has 0 bridgehead atoms. The van der Waals surface area contributed by atoms with Gasteiger partial charge >= 0.3 is 5.97 Å². The number of carbonyl (C=O) groups is 2. The second kappa shape index (κ2) is 7.33. The molecule has 1 aromatic carbocycles. The minimum atomic E-state index is -0.867. The van der Waals surface area contributed by atoms with Crippen molar-refractivity contribution in [3.8, 4) is 0 Å². The first-order valence-corrected chi connectivity index (χ1v) is 7.97. The Kier molecular flexibility index (Phi) is 5.47. The molecule has 0 saturated carbocycles. The molecule has 108 valence electrons. The Morgan fingerprint density at radius 1 is 1.30 bits per heavy atom. The van der Waals surface area contributed by atoms with Crippen LogP contribution in [0.15, 0.2) is 24.3 Å². The van der Waals surface area contributed by atoms with E-state index in [0.717, 1.165) is 24.3 Å². The van der Waals surface area contributed by atoms with Crippen LogP contribution in [0.5, 0.6) is 0 Å². The minimum absolute atomic E-state index is 0.0226. The molecule has 1 aromatic rings. The van der Waals surface area contributed by atoms with Crippen molar-refractivity contribution in [3.05, 3.63) is 29.8 Å². The zero-order valence-electron chi connectivity index (χ0n) is 11.3. The van der Waals surface area contributed by atoms with Gasteiger partial charge in [0.05, 0.1) is 6.42 Å². The van der Waals surface area contributed by atoms with Crippen molar-refractivity contribution >= 4 is 29.3 Å². The van der Waals surface area contributed by atoms with E-state index in [0.29, 0.717) is 23.6 Å². The maximum atomic E-state index is 12.0. The van der Waals surface area contributed by atoms with Crippen molar-refractivity contribution in [2.75, 3.05) is 16.8 Å². The van der Waals surface area contributed by atoms with E-state index >= 15 is 0 Å². The summed E-state index contributed by atoms with van der Waals surface area (Å²) >= 11 is 1.95. The number of hydrogen-bond donors (Lipinski definition) is 2. The van der Waals surface area contributed by atoms with Gasteiger partial charge in [0.25, 0.3) is 0 Å². The summed E-state index contributed by atoms with van der Waals surface area (Å²) in [5.41, 5.74) is 1.38. The Morgan fingerprint density at radius 2 is 2.05 bits per heavy atom. The van der Waals surface area contributed by atoms with E-state index in [1.165, 1.54) is 0 Å². The Bertz CT molecular complexity index is 484. The van der Waals surface area contributed by atoms with Crippen molar-refractivity contribution in [3.63, 3.8) is 0 Å². The number of carboxylic acid groups (broad SMARTS) is 1. The molecular formula is C15H19NO3S. The molecule has 1 fully saturated rings. The van der Waals surface area contributed by atoms with Crippen LogP contribution in [0.4, 0.5) is 5.69 Å². The third-order valence-corrected chi connectivity index (χ3v) is 4.43. The number of carbonyl (C=O) groups excluding carboxylic acids is 1. The summed E-state index contributed by atoms with van der Waals surface area (Å²) in [6, 6.07) is 7.04. The highest BCUT2D eigenvalue weighted by Crippen LogP contribution is 2.25. The van der Waals surface area contributed by atoms with Gasteiger partial charge in [-0.3, -0.25) is 9.59 Å². The number of carboxylic acids is 1. The molecule has 2 N–H and O–H groups in total. The van der Waals surface area contributed by atoms with E-state index in [1.807, 2.05) is 11.8 Å². The van der Waals surface area contributed by atoms with E-state index in [2.05, 4.69) is 5.32 Å². The molecule has 5 heteroatoms. The summed E-state index contributed by atoms with van der Waals surface area (Å²) in [5, 5.41) is 11.6. The molecule has 0 aliphatic carbocycles. The highest BCUT2D eigenvalue weighted by Gasteiger charge is 2.17. The lowest BCUT2D eigenvalue weighted by molar-refractivity contribution is -0.136. The van der Waals surface area contributed by atoms with Crippen LogP contribution < -0.4 is 5.32 Å². The lowest BCUT2D eigenvalue weighted by atomic mass is 9.98. The van der Waals surface area contributed by atoms with E-state index in [4.69, 9.17) is 5.11 Å². The molecule has 0 atom stereocenters. The van der Waals surface area contributed by atoms with Gasteiger partial charge in [-0.05, 0) is 48.0 Å². The standard InChI is InChI=1S/C15H19NO3S/c17-14(9-11-4-6-20-7-5-11)16-13-3-1-2-12(8-13)10-15(18)19/h1-3,8,11H,4-7,9-10H2,(H,16,17)(H,18,19). The second-order valence-electron chi connectivity index (χ2n) is 5.08. The normalized spacial score (nSPS) is 15.8. The first-order valence-electron chi connectivity index (χ1n) is 6.82. The number of aliphatic carboxylic acids is 1. The molecule has 0 unspecified atom stereocenters. The van der Waals surface area contributed by atoms with E-state index in [1.54, 1.807) is 24.3 Å². The first kappa shape index (κ1) is 14.9. The van der Waals surface area contributed by atoms with Crippen molar-refractivity contribution in [1.29, 1.82) is 0 Å². The molecule has 1 aliphatic heterocycles. The van der Waals surface area contributed by atoms with Gasteiger partial charge < -0.3 is 10.4 Å². The fourth-order valence-corrected chi connectivity index (χ4v) is 3.56. The SMILES string of the molecule is O=C(O)Cc1cccc(NC(=O)CC2CCSCC2)c1. The molecule has 1 heterocycles. The van der Waals surface area contributed by atoms with Gasteiger partial charge in [0.15, 0.2) is 0 Å². The predicted octanol–water partition coefficient (Wildman–Crippen LogP) is 2.79. The van der Waals surface area contributed by atoms with Gasteiger partial charge in [0, 0.05) is 12.1 Å². The summed E-state index contributed by atoms with van der Waals surface area (Å²) < 4.78 is 0. The molecular weight excluding hydrogens is 274 g/mol. The number of benzene rings is 1. The third-order valence-electron chi connectivity index (χ3n) is 3.38. The summed E-state index contributed by atoms with van der Waals surface area (Å²) in [6.45, 7) is 0. The molecule has 0 spiro atoms. The zero-order chi connectivity index (χ0) is 14.4. The Morgan fingerprint density at radius 3 is 2.75 bits per heavy atom. The average molecular weight is 293 g/mol. The number of anilines is 1. The molecule has 1 amide bonds. The van der Waals surface area contributed by atoms with Crippen LogP contribution in [-0.2, 0) is 16.0 Å². The van der Waals surface area contributed by atoms with E-state index < -0.39 is 5.97 Å². The fraction of sp³-hybridized carbons (Fsp3) is 0.467. The number of nitrogens with one attached hydrogen (secondary N) is 1. The third kappa shape index (κ3) is 4.89.